The van der Waals surface area contributed by atoms with Crippen LogP contribution in [0.1, 0.15) is 34.1 Å². The molecule has 1 amide bonds. The normalized spacial score (nSPS) is 17.2. The second-order valence-electron chi connectivity index (χ2n) is 6.18. The lowest BCUT2D eigenvalue weighted by molar-refractivity contribution is -0.134. The summed E-state index contributed by atoms with van der Waals surface area (Å²) in [6.45, 7) is 4.52. The van der Waals surface area contributed by atoms with Crippen molar-refractivity contribution in [3.8, 4) is 0 Å². The fourth-order valence-electron chi connectivity index (χ4n) is 3.47. The van der Waals surface area contributed by atoms with Gasteiger partial charge in [0.2, 0.25) is 5.91 Å². The summed E-state index contributed by atoms with van der Waals surface area (Å²) in [6.07, 6.45) is 1.17. The van der Waals surface area contributed by atoms with Gasteiger partial charge in [-0.25, -0.2) is 0 Å². The summed E-state index contributed by atoms with van der Waals surface area (Å²) in [4.78, 5) is 14.7. The molecule has 2 heterocycles. The minimum Gasteiger partial charge on any atom is -0.394 e. The maximum atomic E-state index is 12.8. The van der Waals surface area contributed by atoms with Gasteiger partial charge < -0.3 is 10.0 Å². The van der Waals surface area contributed by atoms with Gasteiger partial charge in [0.1, 0.15) is 0 Å². The second kappa shape index (κ2) is 6.16. The van der Waals surface area contributed by atoms with E-state index in [-0.39, 0.29) is 18.6 Å². The minimum absolute atomic E-state index is 0.0479. The zero-order valence-corrected chi connectivity index (χ0v) is 13.9. The van der Waals surface area contributed by atoms with E-state index >= 15 is 0 Å². The minimum atomic E-state index is -0.246. The van der Waals surface area contributed by atoms with Gasteiger partial charge in [0.25, 0.3) is 0 Å². The number of benzene rings is 1. The summed E-state index contributed by atoms with van der Waals surface area (Å²) in [5, 5.41) is 14.2. The van der Waals surface area contributed by atoms with Crippen molar-refractivity contribution in [1.82, 2.24) is 14.7 Å². The SMILES string of the molecule is Cc1nn(C)c(C)c1CC(=O)N1CCc2ccccc2[C@H]1CO. The lowest BCUT2D eigenvalue weighted by Gasteiger charge is -2.36. The molecule has 0 bridgehead atoms. The number of aliphatic hydroxyl groups excluding tert-OH is 1. The first-order chi connectivity index (χ1) is 11.0. The average Bonchev–Trinajstić information content (AvgIpc) is 2.79. The average molecular weight is 313 g/mol. The van der Waals surface area contributed by atoms with Crippen LogP contribution in [-0.2, 0) is 24.7 Å². The van der Waals surface area contributed by atoms with Crippen molar-refractivity contribution in [3.05, 3.63) is 52.3 Å². The summed E-state index contributed by atoms with van der Waals surface area (Å²) in [6, 6.07) is 7.81. The van der Waals surface area contributed by atoms with E-state index in [1.807, 2.05) is 48.7 Å². The van der Waals surface area contributed by atoms with Crippen LogP contribution in [0.3, 0.4) is 0 Å². The van der Waals surface area contributed by atoms with Crippen LogP contribution >= 0.6 is 0 Å². The zero-order valence-electron chi connectivity index (χ0n) is 13.9. The van der Waals surface area contributed by atoms with Crippen molar-refractivity contribution in [3.63, 3.8) is 0 Å². The molecule has 5 nitrogen and oxygen atoms in total. The Balaban J connectivity index is 1.85. The Morgan fingerprint density at radius 1 is 1.35 bits per heavy atom. The number of rotatable bonds is 3. The molecular weight excluding hydrogens is 290 g/mol. The Kier molecular flexibility index (Phi) is 4.22. The molecule has 0 saturated heterocycles. The number of aliphatic hydroxyl groups is 1. The molecule has 1 atom stereocenters. The number of hydrogen-bond acceptors (Lipinski definition) is 3. The van der Waals surface area contributed by atoms with E-state index in [9.17, 15) is 9.90 Å². The zero-order chi connectivity index (χ0) is 16.6. The maximum absolute atomic E-state index is 12.8. The molecule has 3 rings (SSSR count). The molecule has 1 aromatic heterocycles. The highest BCUT2D eigenvalue weighted by Gasteiger charge is 2.30. The summed E-state index contributed by atoms with van der Waals surface area (Å²) < 4.78 is 1.81. The summed E-state index contributed by atoms with van der Waals surface area (Å²) >= 11 is 0. The standard InChI is InChI=1S/C18H23N3O2/c1-12-16(13(2)20(3)19-12)10-18(23)21-9-8-14-6-4-5-7-15(14)17(21)11-22/h4-7,17,22H,8-11H2,1-3H3/t17-/m1/s1. The van der Waals surface area contributed by atoms with Crippen molar-refractivity contribution < 1.29 is 9.90 Å². The Bertz CT molecular complexity index is 736. The number of fused-ring (bicyclic) bond motifs is 1. The van der Waals surface area contributed by atoms with Gasteiger partial charge in [-0.3, -0.25) is 9.48 Å². The van der Waals surface area contributed by atoms with Crippen LogP contribution in [0.5, 0.6) is 0 Å². The van der Waals surface area contributed by atoms with Gasteiger partial charge in [0.05, 0.1) is 24.8 Å². The highest BCUT2D eigenvalue weighted by Crippen LogP contribution is 2.30. The van der Waals surface area contributed by atoms with E-state index in [0.717, 1.165) is 28.9 Å². The van der Waals surface area contributed by atoms with E-state index in [2.05, 4.69) is 11.2 Å². The van der Waals surface area contributed by atoms with Crippen LogP contribution in [0.25, 0.3) is 0 Å². The molecule has 0 spiro atoms. The van der Waals surface area contributed by atoms with Gasteiger partial charge in [-0.2, -0.15) is 5.10 Å². The first kappa shape index (κ1) is 15.7. The molecule has 0 aliphatic carbocycles. The van der Waals surface area contributed by atoms with Crippen LogP contribution in [-0.4, -0.2) is 38.8 Å². The van der Waals surface area contributed by atoms with Gasteiger partial charge in [-0.05, 0) is 31.4 Å². The summed E-state index contributed by atoms with van der Waals surface area (Å²) in [7, 11) is 1.89. The first-order valence-electron chi connectivity index (χ1n) is 8.00. The Morgan fingerprint density at radius 3 is 2.74 bits per heavy atom. The molecular formula is C18H23N3O2. The second-order valence-corrected chi connectivity index (χ2v) is 6.18. The predicted molar refractivity (Wildman–Crippen MR) is 88.1 cm³/mol. The smallest absolute Gasteiger partial charge is 0.227 e. The highest BCUT2D eigenvalue weighted by atomic mass is 16.3. The van der Waals surface area contributed by atoms with Crippen molar-refractivity contribution in [2.45, 2.75) is 32.7 Å². The number of hydrogen-bond donors (Lipinski definition) is 1. The van der Waals surface area contributed by atoms with Crippen molar-refractivity contribution in [2.24, 2.45) is 7.05 Å². The molecule has 0 radical (unpaired) electrons. The number of carbonyl (C=O) groups excluding carboxylic acids is 1. The Morgan fingerprint density at radius 2 is 2.09 bits per heavy atom. The molecule has 23 heavy (non-hydrogen) atoms. The van der Waals surface area contributed by atoms with Gasteiger partial charge in [-0.1, -0.05) is 24.3 Å². The molecule has 1 N–H and O–H groups in total. The van der Waals surface area contributed by atoms with Crippen LogP contribution in [0, 0.1) is 13.8 Å². The number of amides is 1. The van der Waals surface area contributed by atoms with E-state index in [1.54, 1.807) is 0 Å². The molecule has 2 aromatic rings. The quantitative estimate of drug-likeness (QED) is 0.938. The van der Waals surface area contributed by atoms with E-state index in [1.165, 1.54) is 5.56 Å². The van der Waals surface area contributed by atoms with Crippen molar-refractivity contribution >= 4 is 5.91 Å². The molecule has 0 fully saturated rings. The number of nitrogens with zero attached hydrogens (tertiary/aromatic N) is 3. The molecule has 5 heteroatoms. The van der Waals surface area contributed by atoms with Gasteiger partial charge in [0, 0.05) is 24.8 Å². The molecule has 1 aromatic carbocycles. The van der Waals surface area contributed by atoms with Crippen molar-refractivity contribution in [1.29, 1.82) is 0 Å². The van der Waals surface area contributed by atoms with E-state index < -0.39 is 0 Å². The Labute approximate surface area is 136 Å². The van der Waals surface area contributed by atoms with E-state index in [4.69, 9.17) is 0 Å². The number of carbonyl (C=O) groups is 1. The molecule has 0 saturated carbocycles. The maximum Gasteiger partial charge on any atom is 0.227 e. The summed E-state index contributed by atoms with van der Waals surface area (Å²) in [5.74, 6) is 0.0535. The molecule has 1 aliphatic rings. The van der Waals surface area contributed by atoms with Gasteiger partial charge in [0.15, 0.2) is 0 Å². The third-order valence-corrected chi connectivity index (χ3v) is 4.89. The number of aromatic nitrogens is 2. The fourth-order valence-corrected chi connectivity index (χ4v) is 3.47. The fraction of sp³-hybridized carbons (Fsp3) is 0.444. The molecule has 1 aliphatic heterocycles. The Hall–Kier alpha value is -2.14. The van der Waals surface area contributed by atoms with Crippen LogP contribution in [0.4, 0.5) is 0 Å². The van der Waals surface area contributed by atoms with Crippen LogP contribution < -0.4 is 0 Å². The van der Waals surface area contributed by atoms with Gasteiger partial charge >= 0.3 is 0 Å². The monoisotopic (exact) mass is 313 g/mol. The third-order valence-electron chi connectivity index (χ3n) is 4.89. The lowest BCUT2D eigenvalue weighted by atomic mass is 9.92. The van der Waals surface area contributed by atoms with Crippen LogP contribution in [0.15, 0.2) is 24.3 Å². The summed E-state index contributed by atoms with van der Waals surface area (Å²) in [5.41, 5.74) is 5.21. The van der Waals surface area contributed by atoms with Gasteiger partial charge in [-0.15, -0.1) is 0 Å². The molecule has 0 unspecified atom stereocenters. The topological polar surface area (TPSA) is 58.4 Å². The highest BCUT2D eigenvalue weighted by molar-refractivity contribution is 5.80. The number of aryl methyl sites for hydroxylation is 2. The van der Waals surface area contributed by atoms with Crippen LogP contribution in [0.2, 0.25) is 0 Å². The third kappa shape index (κ3) is 2.77. The van der Waals surface area contributed by atoms with Crippen molar-refractivity contribution in [2.75, 3.05) is 13.2 Å². The predicted octanol–water partition coefficient (Wildman–Crippen LogP) is 1.70. The van der Waals surface area contributed by atoms with E-state index in [0.29, 0.717) is 13.0 Å². The first-order valence-corrected chi connectivity index (χ1v) is 8.00. The lowest BCUT2D eigenvalue weighted by Crippen LogP contribution is -2.42. The molecule has 122 valence electrons. The largest absolute Gasteiger partial charge is 0.394 e.